The molecule has 1 aromatic carbocycles. The van der Waals surface area contributed by atoms with E-state index in [4.69, 9.17) is 0 Å². The fourth-order valence-electron chi connectivity index (χ4n) is 3.83. The van der Waals surface area contributed by atoms with Crippen LogP contribution in [0.4, 0.5) is 0 Å². The van der Waals surface area contributed by atoms with Crippen molar-refractivity contribution in [1.82, 2.24) is 5.32 Å². The Morgan fingerprint density at radius 1 is 1.16 bits per heavy atom. The van der Waals surface area contributed by atoms with Crippen LogP contribution in [0.1, 0.15) is 37.7 Å². The molecule has 1 aliphatic heterocycles. The lowest BCUT2D eigenvalue weighted by atomic mass is 9.67. The molecule has 1 saturated heterocycles. The topological polar surface area (TPSA) is 32.3 Å². The summed E-state index contributed by atoms with van der Waals surface area (Å²) in [6.07, 6.45) is 6.65. The van der Waals surface area contributed by atoms with E-state index in [-0.39, 0.29) is 18.0 Å². The summed E-state index contributed by atoms with van der Waals surface area (Å²) in [7, 11) is 0. The van der Waals surface area contributed by atoms with Crippen LogP contribution in [0.3, 0.4) is 0 Å². The van der Waals surface area contributed by atoms with Gasteiger partial charge in [-0.15, -0.1) is 0 Å². The van der Waals surface area contributed by atoms with Gasteiger partial charge in [-0.25, -0.2) is 0 Å². The average molecular weight is 281 g/mol. The van der Waals surface area contributed by atoms with Gasteiger partial charge in [0.25, 0.3) is 0 Å². The van der Waals surface area contributed by atoms with Crippen LogP contribution in [0.2, 0.25) is 0 Å². The highest BCUT2D eigenvalue weighted by Gasteiger charge is 2.45. The zero-order valence-corrected chi connectivity index (χ0v) is 12.1. The molecule has 106 valence electrons. The fraction of sp³-hybridized carbons (Fsp3) is 0.625. The standard InChI is InChI=1S/C16H23NO.ClH/c18-16-9-5-4-8-14(16)15(17-11-10-16)12-13-6-2-1-3-7-13;/h1-3,6-7,14-15,17-18H,4-5,8-12H2;1H/p-1. The Bertz CT molecular complexity index is 393. The van der Waals surface area contributed by atoms with Crippen molar-refractivity contribution in [2.45, 2.75) is 50.2 Å². The number of benzene rings is 1. The molecule has 1 aromatic rings. The van der Waals surface area contributed by atoms with Gasteiger partial charge in [-0.2, -0.15) is 0 Å². The Labute approximate surface area is 122 Å². The van der Waals surface area contributed by atoms with E-state index in [2.05, 4.69) is 35.6 Å². The van der Waals surface area contributed by atoms with E-state index in [9.17, 15) is 5.11 Å². The molecule has 3 unspecified atom stereocenters. The van der Waals surface area contributed by atoms with Crippen LogP contribution in [-0.2, 0) is 6.42 Å². The Morgan fingerprint density at radius 2 is 1.95 bits per heavy atom. The van der Waals surface area contributed by atoms with Crippen molar-refractivity contribution in [2.24, 2.45) is 5.92 Å². The summed E-state index contributed by atoms with van der Waals surface area (Å²) in [4.78, 5) is 0. The Hall–Kier alpha value is -0.570. The number of hydrogen-bond acceptors (Lipinski definition) is 2. The second-order valence-corrected chi connectivity index (χ2v) is 5.96. The number of piperidine rings is 1. The molecule has 3 heteroatoms. The zero-order valence-electron chi connectivity index (χ0n) is 11.3. The first kappa shape index (κ1) is 14.8. The van der Waals surface area contributed by atoms with Crippen LogP contribution in [0.15, 0.2) is 30.3 Å². The van der Waals surface area contributed by atoms with E-state index < -0.39 is 0 Å². The van der Waals surface area contributed by atoms with Gasteiger partial charge in [0.15, 0.2) is 0 Å². The minimum atomic E-state index is -0.386. The van der Waals surface area contributed by atoms with Crippen LogP contribution in [0.25, 0.3) is 0 Å². The smallest absolute Gasteiger partial charge is 0.0702 e. The van der Waals surface area contributed by atoms with Gasteiger partial charge in [-0.3, -0.25) is 0 Å². The third-order valence-electron chi connectivity index (χ3n) is 4.81. The van der Waals surface area contributed by atoms with Crippen LogP contribution in [0.5, 0.6) is 0 Å². The number of aliphatic hydroxyl groups is 1. The third-order valence-corrected chi connectivity index (χ3v) is 4.81. The van der Waals surface area contributed by atoms with Gasteiger partial charge in [-0.1, -0.05) is 43.2 Å². The molecule has 3 rings (SSSR count). The maximum atomic E-state index is 10.8. The molecule has 1 heterocycles. The number of halogens is 1. The normalized spacial score (nSPS) is 34.2. The van der Waals surface area contributed by atoms with E-state index in [1.165, 1.54) is 24.8 Å². The van der Waals surface area contributed by atoms with Crippen LogP contribution in [-0.4, -0.2) is 23.3 Å². The van der Waals surface area contributed by atoms with Gasteiger partial charge in [0.1, 0.15) is 0 Å². The van der Waals surface area contributed by atoms with Gasteiger partial charge in [0, 0.05) is 12.0 Å². The van der Waals surface area contributed by atoms with E-state index in [0.717, 1.165) is 25.8 Å². The molecule has 19 heavy (non-hydrogen) atoms. The van der Waals surface area contributed by atoms with Crippen LogP contribution < -0.4 is 17.7 Å². The fourth-order valence-corrected chi connectivity index (χ4v) is 3.83. The van der Waals surface area contributed by atoms with Crippen molar-refractivity contribution in [3.63, 3.8) is 0 Å². The maximum Gasteiger partial charge on any atom is 0.0702 e. The van der Waals surface area contributed by atoms with Gasteiger partial charge < -0.3 is 22.8 Å². The summed E-state index contributed by atoms with van der Waals surface area (Å²) in [5, 5.41) is 14.4. The quantitative estimate of drug-likeness (QED) is 0.767. The highest BCUT2D eigenvalue weighted by atomic mass is 35.5. The molecular formula is C16H23ClNO-. The van der Waals surface area contributed by atoms with E-state index >= 15 is 0 Å². The molecule has 0 amide bonds. The molecule has 2 aliphatic rings. The number of nitrogens with one attached hydrogen (secondary N) is 1. The molecule has 3 atom stereocenters. The van der Waals surface area contributed by atoms with Crippen molar-refractivity contribution in [3.8, 4) is 0 Å². The van der Waals surface area contributed by atoms with Gasteiger partial charge in [0.2, 0.25) is 0 Å². The Morgan fingerprint density at radius 3 is 2.74 bits per heavy atom. The first-order valence-corrected chi connectivity index (χ1v) is 7.28. The lowest BCUT2D eigenvalue weighted by molar-refractivity contribution is -0.0850. The molecular weight excluding hydrogens is 258 g/mol. The molecule has 0 aromatic heterocycles. The SMILES string of the molecule is OC12CCCCC1C(Cc1ccccc1)NCC2.[Cl-]. The first-order chi connectivity index (χ1) is 8.78. The summed E-state index contributed by atoms with van der Waals surface area (Å²) in [6.45, 7) is 0.963. The minimum absolute atomic E-state index is 0. The number of fused-ring (bicyclic) bond motifs is 1. The molecule has 1 saturated carbocycles. The van der Waals surface area contributed by atoms with E-state index in [0.29, 0.717) is 12.0 Å². The van der Waals surface area contributed by atoms with Crippen molar-refractivity contribution in [3.05, 3.63) is 35.9 Å². The second kappa shape index (κ2) is 6.25. The van der Waals surface area contributed by atoms with Crippen molar-refractivity contribution >= 4 is 0 Å². The average Bonchev–Trinajstić information content (AvgIpc) is 2.39. The van der Waals surface area contributed by atoms with Crippen LogP contribution >= 0.6 is 0 Å². The molecule has 2 N–H and O–H groups in total. The molecule has 0 bridgehead atoms. The van der Waals surface area contributed by atoms with E-state index in [1.54, 1.807) is 0 Å². The van der Waals surface area contributed by atoms with Gasteiger partial charge in [0.05, 0.1) is 5.60 Å². The Kier molecular flexibility index (Phi) is 4.88. The third kappa shape index (κ3) is 3.13. The highest BCUT2D eigenvalue weighted by Crippen LogP contribution is 2.41. The van der Waals surface area contributed by atoms with Crippen LogP contribution in [0, 0.1) is 5.92 Å². The molecule has 2 nitrogen and oxygen atoms in total. The number of hydrogen-bond donors (Lipinski definition) is 2. The summed E-state index contributed by atoms with van der Waals surface area (Å²) in [5.74, 6) is 0.445. The zero-order chi connectivity index (χ0) is 12.4. The van der Waals surface area contributed by atoms with Crippen molar-refractivity contribution in [1.29, 1.82) is 0 Å². The Balaban J connectivity index is 0.00000133. The summed E-state index contributed by atoms with van der Waals surface area (Å²) in [5.41, 5.74) is 0.994. The minimum Gasteiger partial charge on any atom is -1.00 e. The van der Waals surface area contributed by atoms with E-state index in [1.807, 2.05) is 0 Å². The van der Waals surface area contributed by atoms with Crippen molar-refractivity contribution in [2.75, 3.05) is 6.54 Å². The maximum absolute atomic E-state index is 10.8. The predicted octanol–water partition coefficient (Wildman–Crippen LogP) is -0.484. The molecule has 0 radical (unpaired) electrons. The monoisotopic (exact) mass is 280 g/mol. The summed E-state index contributed by atoms with van der Waals surface area (Å²) >= 11 is 0. The number of rotatable bonds is 2. The van der Waals surface area contributed by atoms with Crippen molar-refractivity contribution < 1.29 is 17.5 Å². The van der Waals surface area contributed by atoms with Gasteiger partial charge in [-0.05, 0) is 37.8 Å². The lowest BCUT2D eigenvalue weighted by Gasteiger charge is -2.48. The molecule has 1 aliphatic carbocycles. The summed E-state index contributed by atoms with van der Waals surface area (Å²) < 4.78 is 0. The lowest BCUT2D eigenvalue weighted by Crippen LogP contribution is -3.00. The highest BCUT2D eigenvalue weighted by molar-refractivity contribution is 5.17. The summed E-state index contributed by atoms with van der Waals surface area (Å²) in [6, 6.07) is 11.1. The molecule has 2 fully saturated rings. The first-order valence-electron chi connectivity index (χ1n) is 7.28. The van der Waals surface area contributed by atoms with Gasteiger partial charge >= 0.3 is 0 Å². The molecule has 0 spiro atoms. The predicted molar refractivity (Wildman–Crippen MR) is 73.5 cm³/mol. The largest absolute Gasteiger partial charge is 1.00 e. The second-order valence-electron chi connectivity index (χ2n) is 5.96.